The van der Waals surface area contributed by atoms with Crippen LogP contribution in [-0.2, 0) is 6.18 Å². The van der Waals surface area contributed by atoms with E-state index in [4.69, 9.17) is 23.2 Å². The van der Waals surface area contributed by atoms with Crippen molar-refractivity contribution < 1.29 is 27.5 Å². The molecule has 1 heterocycles. The van der Waals surface area contributed by atoms with Crippen LogP contribution in [0, 0.1) is 5.82 Å². The molecule has 1 N–H and O–H groups in total. The minimum absolute atomic E-state index is 0.0167. The Morgan fingerprint density at radius 3 is 2.37 bits per heavy atom. The largest absolute Gasteiger partial charge is 0.476 e. The number of rotatable bonds is 3. The van der Waals surface area contributed by atoms with E-state index >= 15 is 0 Å². The molecule has 27 heavy (non-hydrogen) atoms. The van der Waals surface area contributed by atoms with Gasteiger partial charge in [0, 0.05) is 10.6 Å². The van der Waals surface area contributed by atoms with Crippen molar-refractivity contribution in [2.24, 2.45) is 0 Å². The second-order valence-corrected chi connectivity index (χ2v) is 6.30. The molecule has 0 atom stereocenters. The summed E-state index contributed by atoms with van der Waals surface area (Å²) in [5.74, 6) is -2.10. The van der Waals surface area contributed by atoms with Gasteiger partial charge in [-0.1, -0.05) is 23.2 Å². The number of carboxylic acids is 1. The summed E-state index contributed by atoms with van der Waals surface area (Å²) in [5, 5.41) is 12.6. The number of carboxylic acid groups (broad SMARTS) is 1. The van der Waals surface area contributed by atoms with Crippen LogP contribution in [0.2, 0.25) is 10.0 Å². The van der Waals surface area contributed by atoms with E-state index in [1.807, 2.05) is 0 Å². The molecule has 3 aromatic rings. The third-order valence-corrected chi connectivity index (χ3v) is 4.10. The van der Waals surface area contributed by atoms with Gasteiger partial charge in [0.1, 0.15) is 5.82 Å². The van der Waals surface area contributed by atoms with Gasteiger partial charge < -0.3 is 5.11 Å². The second-order valence-electron chi connectivity index (χ2n) is 5.46. The van der Waals surface area contributed by atoms with Gasteiger partial charge in [-0.2, -0.15) is 18.3 Å². The predicted octanol–water partition coefficient (Wildman–Crippen LogP) is 5.70. The third-order valence-electron chi connectivity index (χ3n) is 3.60. The molecule has 10 heteroatoms. The number of alkyl halides is 3. The minimum Gasteiger partial charge on any atom is -0.476 e. The van der Waals surface area contributed by atoms with Gasteiger partial charge in [-0.25, -0.2) is 13.9 Å². The van der Waals surface area contributed by atoms with Crippen LogP contribution in [0.1, 0.15) is 16.1 Å². The highest BCUT2D eigenvalue weighted by Crippen LogP contribution is 2.35. The molecule has 0 saturated carbocycles. The Balaban J connectivity index is 2.25. The topological polar surface area (TPSA) is 55.1 Å². The fourth-order valence-corrected chi connectivity index (χ4v) is 2.82. The number of hydrogen-bond donors (Lipinski definition) is 1. The van der Waals surface area contributed by atoms with Gasteiger partial charge >= 0.3 is 12.1 Å². The maximum Gasteiger partial charge on any atom is 0.416 e. The van der Waals surface area contributed by atoms with Gasteiger partial charge in [-0.15, -0.1) is 0 Å². The van der Waals surface area contributed by atoms with Gasteiger partial charge in [-0.3, -0.25) is 0 Å². The van der Waals surface area contributed by atoms with Crippen molar-refractivity contribution in [3.8, 4) is 16.9 Å². The van der Waals surface area contributed by atoms with E-state index in [9.17, 15) is 27.5 Å². The first-order valence-electron chi connectivity index (χ1n) is 7.23. The predicted molar refractivity (Wildman–Crippen MR) is 90.9 cm³/mol. The molecule has 3 rings (SSSR count). The highest BCUT2D eigenvalue weighted by Gasteiger charge is 2.31. The monoisotopic (exact) mass is 418 g/mol. The van der Waals surface area contributed by atoms with Crippen LogP contribution in [0.5, 0.6) is 0 Å². The Hall–Kier alpha value is -2.58. The molecule has 2 aromatic carbocycles. The number of halogens is 6. The number of carbonyl (C=O) groups is 1. The molecular weight excluding hydrogens is 411 g/mol. The van der Waals surface area contributed by atoms with Crippen LogP contribution < -0.4 is 0 Å². The molecule has 0 unspecified atom stereocenters. The smallest absolute Gasteiger partial charge is 0.416 e. The van der Waals surface area contributed by atoms with Crippen LogP contribution in [0.15, 0.2) is 42.5 Å². The molecule has 0 aliphatic rings. The van der Waals surface area contributed by atoms with Crippen LogP contribution in [0.3, 0.4) is 0 Å². The maximum absolute atomic E-state index is 13.4. The highest BCUT2D eigenvalue weighted by atomic mass is 35.5. The Kier molecular flexibility index (Phi) is 4.88. The first kappa shape index (κ1) is 19.2. The van der Waals surface area contributed by atoms with Gasteiger partial charge in [0.05, 0.1) is 22.0 Å². The lowest BCUT2D eigenvalue weighted by molar-refractivity contribution is -0.137. The van der Waals surface area contributed by atoms with E-state index in [2.05, 4.69) is 5.10 Å². The quantitative estimate of drug-likeness (QED) is 0.554. The molecule has 1 aromatic heterocycles. The second kappa shape index (κ2) is 6.86. The van der Waals surface area contributed by atoms with E-state index in [0.29, 0.717) is 0 Å². The third kappa shape index (κ3) is 3.91. The van der Waals surface area contributed by atoms with E-state index in [-0.39, 0.29) is 27.0 Å². The molecule has 0 amide bonds. The van der Waals surface area contributed by atoms with Crippen molar-refractivity contribution in [1.82, 2.24) is 9.78 Å². The number of aromatic carboxylic acids is 1. The molecule has 0 aliphatic heterocycles. The van der Waals surface area contributed by atoms with Crippen LogP contribution in [0.4, 0.5) is 17.6 Å². The molecule has 0 fully saturated rings. The number of hydrogen-bond acceptors (Lipinski definition) is 2. The Morgan fingerprint density at radius 2 is 1.78 bits per heavy atom. The SMILES string of the molecule is O=C(O)c1cc(-c2cc(Cl)cc(C(F)(F)F)c2)n(-c2ccc(F)c(Cl)c2)n1. The highest BCUT2D eigenvalue weighted by molar-refractivity contribution is 6.31. The summed E-state index contributed by atoms with van der Waals surface area (Å²) in [7, 11) is 0. The van der Waals surface area contributed by atoms with Crippen LogP contribution >= 0.6 is 23.2 Å². The molecule has 0 radical (unpaired) electrons. The summed E-state index contributed by atoms with van der Waals surface area (Å²) in [5.41, 5.74) is -1.26. The Bertz CT molecular complexity index is 1050. The molecule has 0 spiro atoms. The molecule has 0 bridgehead atoms. The molecule has 0 saturated heterocycles. The van der Waals surface area contributed by atoms with E-state index < -0.39 is 29.2 Å². The lowest BCUT2D eigenvalue weighted by Gasteiger charge is -2.12. The normalized spacial score (nSPS) is 11.6. The molecule has 4 nitrogen and oxygen atoms in total. The Morgan fingerprint density at radius 1 is 1.07 bits per heavy atom. The average Bonchev–Trinajstić information content (AvgIpc) is 3.01. The standard InChI is InChI=1S/C17H8Cl2F4N2O2/c18-10-4-8(3-9(5-10)17(21,22)23)15-7-14(16(26)27)24-25(15)11-1-2-13(20)12(19)6-11/h1-7H,(H,26,27). The maximum atomic E-state index is 13.4. The first-order chi connectivity index (χ1) is 12.6. The van der Waals surface area contributed by atoms with Gasteiger partial charge in [0.15, 0.2) is 5.69 Å². The number of nitrogens with zero attached hydrogens (tertiary/aromatic N) is 2. The zero-order valence-electron chi connectivity index (χ0n) is 13.1. The molecular formula is C17H8Cl2F4N2O2. The van der Waals surface area contributed by atoms with E-state index in [1.54, 1.807) is 0 Å². The van der Waals surface area contributed by atoms with Crippen molar-refractivity contribution in [2.75, 3.05) is 0 Å². The van der Waals surface area contributed by atoms with E-state index in [0.717, 1.165) is 28.9 Å². The van der Waals surface area contributed by atoms with E-state index in [1.165, 1.54) is 18.2 Å². The summed E-state index contributed by atoms with van der Waals surface area (Å²) in [4.78, 5) is 11.3. The van der Waals surface area contributed by atoms with Crippen LogP contribution in [0.25, 0.3) is 16.9 Å². The van der Waals surface area contributed by atoms with Gasteiger partial charge in [-0.05, 0) is 42.5 Å². The lowest BCUT2D eigenvalue weighted by Crippen LogP contribution is -2.06. The lowest BCUT2D eigenvalue weighted by atomic mass is 10.1. The van der Waals surface area contributed by atoms with Crippen molar-refractivity contribution in [3.63, 3.8) is 0 Å². The summed E-state index contributed by atoms with van der Waals surface area (Å²) in [6.07, 6.45) is -4.65. The van der Waals surface area contributed by atoms with Crippen molar-refractivity contribution >= 4 is 29.2 Å². The molecule has 140 valence electrons. The average molecular weight is 419 g/mol. The van der Waals surface area contributed by atoms with Crippen molar-refractivity contribution in [1.29, 1.82) is 0 Å². The fourth-order valence-electron chi connectivity index (χ4n) is 2.41. The van der Waals surface area contributed by atoms with Crippen molar-refractivity contribution in [2.45, 2.75) is 6.18 Å². The summed E-state index contributed by atoms with van der Waals surface area (Å²) < 4.78 is 53.7. The zero-order valence-corrected chi connectivity index (χ0v) is 14.6. The zero-order chi connectivity index (χ0) is 19.9. The van der Waals surface area contributed by atoms with Crippen molar-refractivity contribution in [3.05, 3.63) is 69.6 Å². The minimum atomic E-state index is -4.65. The Labute approximate surface area is 159 Å². The van der Waals surface area contributed by atoms with Crippen LogP contribution in [-0.4, -0.2) is 20.9 Å². The number of benzene rings is 2. The first-order valence-corrected chi connectivity index (χ1v) is 7.99. The summed E-state index contributed by atoms with van der Waals surface area (Å²) in [6, 6.07) is 7.36. The van der Waals surface area contributed by atoms with Gasteiger partial charge in [0.25, 0.3) is 0 Å². The number of aromatic nitrogens is 2. The fraction of sp³-hybridized carbons (Fsp3) is 0.0588. The molecule has 0 aliphatic carbocycles. The summed E-state index contributed by atoms with van der Waals surface area (Å²) >= 11 is 11.5. The van der Waals surface area contributed by atoms with Gasteiger partial charge in [0.2, 0.25) is 0 Å². The summed E-state index contributed by atoms with van der Waals surface area (Å²) in [6.45, 7) is 0.